The number of halogens is 1. The quantitative estimate of drug-likeness (QED) is 0.758. The van der Waals surface area contributed by atoms with E-state index in [0.717, 1.165) is 31.5 Å². The van der Waals surface area contributed by atoms with E-state index in [1.807, 2.05) is 20.2 Å². The van der Waals surface area contributed by atoms with Crippen molar-refractivity contribution in [1.29, 1.82) is 0 Å². The van der Waals surface area contributed by atoms with E-state index in [1.54, 1.807) is 19.1 Å². The van der Waals surface area contributed by atoms with Crippen LogP contribution in [-0.2, 0) is 0 Å². The molecule has 1 rings (SSSR count). The zero-order chi connectivity index (χ0) is 14.3. The van der Waals surface area contributed by atoms with Crippen molar-refractivity contribution in [3.63, 3.8) is 0 Å². The molecule has 3 nitrogen and oxygen atoms in total. The van der Waals surface area contributed by atoms with Crippen molar-refractivity contribution in [3.8, 4) is 0 Å². The summed E-state index contributed by atoms with van der Waals surface area (Å²) in [6, 6.07) is 6.89. The van der Waals surface area contributed by atoms with Crippen molar-refractivity contribution in [2.75, 3.05) is 27.2 Å². The van der Waals surface area contributed by atoms with Gasteiger partial charge in [0.05, 0.1) is 6.10 Å². The highest BCUT2D eigenvalue weighted by atomic mass is 19.1. The lowest BCUT2D eigenvalue weighted by molar-refractivity contribution is 0.163. The maximum atomic E-state index is 13.2. The zero-order valence-electron chi connectivity index (χ0n) is 12.1. The summed E-state index contributed by atoms with van der Waals surface area (Å²) in [5.41, 5.74) is 0.978. The Morgan fingerprint density at radius 2 is 2.00 bits per heavy atom. The summed E-state index contributed by atoms with van der Waals surface area (Å²) in [6.45, 7) is 3.59. The summed E-state index contributed by atoms with van der Waals surface area (Å²) in [7, 11) is 3.94. The number of nitrogens with zero attached hydrogens (tertiary/aromatic N) is 1. The third-order valence-corrected chi connectivity index (χ3v) is 3.33. The van der Waals surface area contributed by atoms with Gasteiger partial charge in [0, 0.05) is 12.6 Å². The molecule has 0 radical (unpaired) electrons. The lowest BCUT2D eigenvalue weighted by atomic mass is 10.0. The number of hydrogen-bond acceptors (Lipinski definition) is 3. The van der Waals surface area contributed by atoms with Crippen molar-refractivity contribution >= 4 is 0 Å². The lowest BCUT2D eigenvalue weighted by Gasteiger charge is -2.22. The van der Waals surface area contributed by atoms with Crippen LogP contribution in [0.15, 0.2) is 24.3 Å². The van der Waals surface area contributed by atoms with Gasteiger partial charge in [0.1, 0.15) is 5.82 Å². The Balaban J connectivity index is 2.44. The van der Waals surface area contributed by atoms with E-state index >= 15 is 0 Å². The molecule has 2 unspecified atom stereocenters. The van der Waals surface area contributed by atoms with E-state index in [1.165, 1.54) is 6.07 Å². The summed E-state index contributed by atoms with van der Waals surface area (Å²) in [5.74, 6) is -0.194. The third kappa shape index (κ3) is 6.14. The molecule has 4 heteroatoms. The van der Waals surface area contributed by atoms with E-state index in [9.17, 15) is 9.50 Å². The number of aliphatic hydroxyl groups is 1. The van der Waals surface area contributed by atoms with E-state index < -0.39 is 0 Å². The Morgan fingerprint density at radius 1 is 1.32 bits per heavy atom. The molecule has 0 saturated heterocycles. The van der Waals surface area contributed by atoms with Gasteiger partial charge in [-0.15, -0.1) is 0 Å². The summed E-state index contributed by atoms with van der Waals surface area (Å²) < 4.78 is 13.2. The second-order valence-electron chi connectivity index (χ2n) is 5.13. The minimum atomic E-state index is -0.259. The minimum Gasteiger partial charge on any atom is -0.393 e. The minimum absolute atomic E-state index is 0.157. The fourth-order valence-corrected chi connectivity index (χ4v) is 2.07. The van der Waals surface area contributed by atoms with Gasteiger partial charge in [0.25, 0.3) is 0 Å². The smallest absolute Gasteiger partial charge is 0.123 e. The van der Waals surface area contributed by atoms with Crippen LogP contribution in [0.2, 0.25) is 0 Å². The first-order chi connectivity index (χ1) is 9.02. The first kappa shape index (κ1) is 16.1. The highest BCUT2D eigenvalue weighted by molar-refractivity contribution is 5.20. The first-order valence-electron chi connectivity index (χ1n) is 6.82. The Morgan fingerprint density at radius 3 is 2.58 bits per heavy atom. The highest BCUT2D eigenvalue weighted by Gasteiger charge is 2.11. The fraction of sp³-hybridized carbons (Fsp3) is 0.600. The van der Waals surface area contributed by atoms with Gasteiger partial charge in [0.2, 0.25) is 0 Å². The molecule has 0 aliphatic heterocycles. The van der Waals surface area contributed by atoms with E-state index in [4.69, 9.17) is 0 Å². The van der Waals surface area contributed by atoms with Crippen LogP contribution in [0.1, 0.15) is 31.4 Å². The number of benzene rings is 1. The zero-order valence-corrected chi connectivity index (χ0v) is 12.1. The molecular weight excluding hydrogens is 243 g/mol. The van der Waals surface area contributed by atoms with Crippen LogP contribution in [0.25, 0.3) is 0 Å². The highest BCUT2D eigenvalue weighted by Crippen LogP contribution is 2.17. The molecule has 0 spiro atoms. The standard InChI is InChI=1S/C15H25FN2O/c1-12(19)7-9-18(3)10-8-15(17-2)13-5-4-6-14(16)11-13/h4-6,11-12,15,17,19H,7-10H2,1-3H3. The molecule has 0 saturated carbocycles. The average molecular weight is 268 g/mol. The molecule has 19 heavy (non-hydrogen) atoms. The van der Waals surface area contributed by atoms with Gasteiger partial charge in [-0.25, -0.2) is 4.39 Å². The van der Waals surface area contributed by atoms with Gasteiger partial charge in [-0.05, 0) is 58.1 Å². The molecule has 0 fully saturated rings. The van der Waals surface area contributed by atoms with E-state index in [0.29, 0.717) is 0 Å². The van der Waals surface area contributed by atoms with Crippen molar-refractivity contribution < 1.29 is 9.50 Å². The molecular formula is C15H25FN2O. The van der Waals surface area contributed by atoms with Crippen LogP contribution in [0.5, 0.6) is 0 Å². The van der Waals surface area contributed by atoms with Gasteiger partial charge in [-0.1, -0.05) is 12.1 Å². The van der Waals surface area contributed by atoms with Crippen LogP contribution in [0.4, 0.5) is 4.39 Å². The van der Waals surface area contributed by atoms with Gasteiger partial charge in [-0.3, -0.25) is 0 Å². The molecule has 2 atom stereocenters. The molecule has 1 aromatic carbocycles. The van der Waals surface area contributed by atoms with Gasteiger partial charge < -0.3 is 15.3 Å². The number of hydrogen-bond donors (Lipinski definition) is 2. The number of nitrogens with one attached hydrogen (secondary N) is 1. The van der Waals surface area contributed by atoms with Gasteiger partial charge in [0.15, 0.2) is 0 Å². The maximum Gasteiger partial charge on any atom is 0.123 e. The molecule has 0 amide bonds. The van der Waals surface area contributed by atoms with Crippen molar-refractivity contribution in [2.45, 2.75) is 31.9 Å². The molecule has 0 aliphatic rings. The predicted molar refractivity (Wildman–Crippen MR) is 76.6 cm³/mol. The molecule has 0 aliphatic carbocycles. The summed E-state index contributed by atoms with van der Waals surface area (Å²) in [4.78, 5) is 2.19. The second kappa shape index (κ2) is 8.25. The van der Waals surface area contributed by atoms with Crippen LogP contribution >= 0.6 is 0 Å². The predicted octanol–water partition coefficient (Wildman–Crippen LogP) is 2.18. The SMILES string of the molecule is CNC(CCN(C)CCC(C)O)c1cccc(F)c1. The van der Waals surface area contributed by atoms with E-state index in [-0.39, 0.29) is 18.0 Å². The average Bonchev–Trinajstić information content (AvgIpc) is 2.37. The molecule has 0 aromatic heterocycles. The Bertz CT molecular complexity index is 371. The molecule has 1 aromatic rings. The van der Waals surface area contributed by atoms with E-state index in [2.05, 4.69) is 10.2 Å². The van der Waals surface area contributed by atoms with Gasteiger partial charge in [-0.2, -0.15) is 0 Å². The Hall–Kier alpha value is -0.970. The first-order valence-corrected chi connectivity index (χ1v) is 6.82. The van der Waals surface area contributed by atoms with Crippen molar-refractivity contribution in [3.05, 3.63) is 35.6 Å². The van der Waals surface area contributed by atoms with Crippen LogP contribution < -0.4 is 5.32 Å². The van der Waals surface area contributed by atoms with Crippen molar-refractivity contribution in [2.24, 2.45) is 0 Å². The lowest BCUT2D eigenvalue weighted by Crippen LogP contribution is -2.27. The van der Waals surface area contributed by atoms with Gasteiger partial charge >= 0.3 is 0 Å². The second-order valence-corrected chi connectivity index (χ2v) is 5.13. The monoisotopic (exact) mass is 268 g/mol. The summed E-state index contributed by atoms with van der Waals surface area (Å²) in [6.07, 6.45) is 1.43. The maximum absolute atomic E-state index is 13.2. The number of aliphatic hydroxyl groups excluding tert-OH is 1. The molecule has 108 valence electrons. The normalized spacial score (nSPS) is 14.6. The molecule has 0 heterocycles. The van der Waals surface area contributed by atoms with Crippen LogP contribution in [0.3, 0.4) is 0 Å². The van der Waals surface area contributed by atoms with Crippen LogP contribution in [0, 0.1) is 5.82 Å². The topological polar surface area (TPSA) is 35.5 Å². The van der Waals surface area contributed by atoms with Crippen molar-refractivity contribution in [1.82, 2.24) is 10.2 Å². The third-order valence-electron chi connectivity index (χ3n) is 3.33. The Labute approximate surface area is 115 Å². The largest absolute Gasteiger partial charge is 0.393 e. The Kier molecular flexibility index (Phi) is 6.99. The fourth-order valence-electron chi connectivity index (χ4n) is 2.07. The summed E-state index contributed by atoms with van der Waals surface area (Å²) in [5, 5.41) is 12.5. The molecule has 0 bridgehead atoms. The van der Waals surface area contributed by atoms with Crippen LogP contribution in [-0.4, -0.2) is 43.3 Å². The number of rotatable bonds is 8. The summed E-state index contributed by atoms with van der Waals surface area (Å²) >= 11 is 0. The molecule has 2 N–H and O–H groups in total.